The number of hydrogen-bond acceptors (Lipinski definition) is 3. The van der Waals surface area contributed by atoms with Crippen LogP contribution in [0.2, 0.25) is 0 Å². The number of fused-ring (bicyclic) bond motifs is 1. The van der Waals surface area contributed by atoms with Gasteiger partial charge < -0.3 is 14.6 Å². The van der Waals surface area contributed by atoms with Crippen LogP contribution in [0.15, 0.2) is 24.3 Å². The normalized spacial score (nSPS) is 14.4. The van der Waals surface area contributed by atoms with Crippen molar-refractivity contribution in [3.05, 3.63) is 47.0 Å². The Balaban J connectivity index is 2.06. The number of methoxy groups -OCH3 is 1. The van der Waals surface area contributed by atoms with Crippen LogP contribution < -0.4 is 5.32 Å². The smallest absolute Gasteiger partial charge is 0.110 e. The molecule has 0 bridgehead atoms. The predicted molar refractivity (Wildman–Crippen MR) is 74.4 cm³/mol. The standard InChI is InChI=1S/C15H19N3O/c1-11-17-14-9-16-7-6-15(14)18(11)13-5-3-4-12(8-13)10-19-2/h3-5,8,16H,6-7,9-10H2,1-2H3. The second kappa shape index (κ2) is 5.15. The highest BCUT2D eigenvalue weighted by Crippen LogP contribution is 2.22. The molecule has 3 rings (SSSR count). The Morgan fingerprint density at radius 3 is 3.16 bits per heavy atom. The third-order valence-electron chi connectivity index (χ3n) is 3.53. The van der Waals surface area contributed by atoms with E-state index in [1.807, 2.05) is 0 Å². The van der Waals surface area contributed by atoms with Gasteiger partial charge in [0.1, 0.15) is 5.82 Å². The second-order valence-corrected chi connectivity index (χ2v) is 4.92. The molecule has 19 heavy (non-hydrogen) atoms. The van der Waals surface area contributed by atoms with Gasteiger partial charge in [-0.3, -0.25) is 0 Å². The van der Waals surface area contributed by atoms with Gasteiger partial charge in [-0.2, -0.15) is 0 Å². The van der Waals surface area contributed by atoms with Gasteiger partial charge in [0.05, 0.1) is 12.3 Å². The summed E-state index contributed by atoms with van der Waals surface area (Å²) in [5.74, 6) is 1.06. The summed E-state index contributed by atoms with van der Waals surface area (Å²) in [5.41, 5.74) is 4.89. The van der Waals surface area contributed by atoms with Gasteiger partial charge in [-0.1, -0.05) is 12.1 Å². The summed E-state index contributed by atoms with van der Waals surface area (Å²) in [7, 11) is 1.72. The van der Waals surface area contributed by atoms with E-state index in [1.165, 1.54) is 22.6 Å². The van der Waals surface area contributed by atoms with E-state index in [4.69, 9.17) is 4.74 Å². The molecule has 0 spiro atoms. The van der Waals surface area contributed by atoms with Crippen LogP contribution in [0, 0.1) is 6.92 Å². The van der Waals surface area contributed by atoms with Crippen LogP contribution in [0.4, 0.5) is 0 Å². The average molecular weight is 257 g/mol. The summed E-state index contributed by atoms with van der Waals surface area (Å²) < 4.78 is 7.48. The van der Waals surface area contributed by atoms with E-state index >= 15 is 0 Å². The van der Waals surface area contributed by atoms with Gasteiger partial charge in [0, 0.05) is 38.0 Å². The number of nitrogens with one attached hydrogen (secondary N) is 1. The Bertz CT molecular complexity index is 589. The molecular weight excluding hydrogens is 238 g/mol. The molecule has 0 unspecified atom stereocenters. The molecule has 100 valence electrons. The SMILES string of the molecule is COCc1cccc(-n2c(C)nc3c2CCNC3)c1. The maximum absolute atomic E-state index is 5.21. The van der Waals surface area contributed by atoms with E-state index in [9.17, 15) is 0 Å². The maximum atomic E-state index is 5.21. The zero-order valence-electron chi connectivity index (χ0n) is 11.4. The van der Waals surface area contributed by atoms with Crippen LogP contribution in [-0.2, 0) is 24.3 Å². The molecule has 0 amide bonds. The fraction of sp³-hybridized carbons (Fsp3) is 0.400. The quantitative estimate of drug-likeness (QED) is 0.913. The summed E-state index contributed by atoms with van der Waals surface area (Å²) >= 11 is 0. The summed E-state index contributed by atoms with van der Waals surface area (Å²) in [5, 5.41) is 3.37. The largest absolute Gasteiger partial charge is 0.380 e. The summed E-state index contributed by atoms with van der Waals surface area (Å²) in [4.78, 5) is 4.67. The molecule has 0 radical (unpaired) electrons. The zero-order valence-corrected chi connectivity index (χ0v) is 11.4. The minimum absolute atomic E-state index is 0.644. The Labute approximate surface area is 113 Å². The molecule has 1 N–H and O–H groups in total. The number of benzene rings is 1. The molecule has 1 aliphatic heterocycles. The molecule has 0 saturated heterocycles. The first kappa shape index (κ1) is 12.4. The van der Waals surface area contributed by atoms with Crippen molar-refractivity contribution in [2.24, 2.45) is 0 Å². The van der Waals surface area contributed by atoms with Gasteiger partial charge in [-0.15, -0.1) is 0 Å². The Hall–Kier alpha value is -1.65. The van der Waals surface area contributed by atoms with Crippen LogP contribution in [0.5, 0.6) is 0 Å². The Morgan fingerprint density at radius 1 is 1.42 bits per heavy atom. The molecule has 0 saturated carbocycles. The summed E-state index contributed by atoms with van der Waals surface area (Å²) in [6.45, 7) is 4.61. The number of imidazole rings is 1. The van der Waals surface area contributed by atoms with Crippen LogP contribution in [0.25, 0.3) is 5.69 Å². The molecule has 0 aliphatic carbocycles. The zero-order chi connectivity index (χ0) is 13.2. The van der Waals surface area contributed by atoms with Gasteiger partial charge in [0.15, 0.2) is 0 Å². The second-order valence-electron chi connectivity index (χ2n) is 4.92. The lowest BCUT2D eigenvalue weighted by Gasteiger charge is -2.16. The summed E-state index contributed by atoms with van der Waals surface area (Å²) in [6, 6.07) is 8.49. The Morgan fingerprint density at radius 2 is 2.32 bits per heavy atom. The van der Waals surface area contributed by atoms with Crippen molar-refractivity contribution in [2.75, 3.05) is 13.7 Å². The first-order valence-corrected chi connectivity index (χ1v) is 6.65. The maximum Gasteiger partial charge on any atom is 0.110 e. The molecule has 4 heteroatoms. The highest BCUT2D eigenvalue weighted by molar-refractivity contribution is 5.40. The van der Waals surface area contributed by atoms with Gasteiger partial charge >= 0.3 is 0 Å². The van der Waals surface area contributed by atoms with Crippen LogP contribution in [0.3, 0.4) is 0 Å². The van der Waals surface area contributed by atoms with Crippen molar-refractivity contribution < 1.29 is 4.74 Å². The number of hydrogen-bond donors (Lipinski definition) is 1. The van der Waals surface area contributed by atoms with E-state index in [0.29, 0.717) is 6.61 Å². The number of rotatable bonds is 3. The van der Waals surface area contributed by atoms with Crippen molar-refractivity contribution >= 4 is 0 Å². The van der Waals surface area contributed by atoms with E-state index in [0.717, 1.165) is 25.3 Å². The first-order valence-electron chi connectivity index (χ1n) is 6.65. The molecule has 2 aromatic rings. The van der Waals surface area contributed by atoms with Gasteiger partial charge in [-0.25, -0.2) is 4.98 Å². The molecule has 2 heterocycles. The molecule has 0 fully saturated rings. The molecule has 0 atom stereocenters. The third-order valence-corrected chi connectivity index (χ3v) is 3.53. The van der Waals surface area contributed by atoms with Crippen molar-refractivity contribution in [2.45, 2.75) is 26.5 Å². The minimum Gasteiger partial charge on any atom is -0.380 e. The van der Waals surface area contributed by atoms with E-state index in [-0.39, 0.29) is 0 Å². The third kappa shape index (κ3) is 2.29. The molecule has 4 nitrogen and oxygen atoms in total. The number of aromatic nitrogens is 2. The fourth-order valence-corrected chi connectivity index (χ4v) is 2.74. The fourth-order valence-electron chi connectivity index (χ4n) is 2.74. The lowest BCUT2D eigenvalue weighted by molar-refractivity contribution is 0.185. The molecular formula is C15H19N3O. The molecule has 1 aromatic heterocycles. The van der Waals surface area contributed by atoms with E-state index in [1.54, 1.807) is 7.11 Å². The van der Waals surface area contributed by atoms with E-state index in [2.05, 4.69) is 46.1 Å². The highest BCUT2D eigenvalue weighted by Gasteiger charge is 2.18. The summed E-state index contributed by atoms with van der Waals surface area (Å²) in [6.07, 6.45) is 1.03. The van der Waals surface area contributed by atoms with Crippen LogP contribution in [-0.4, -0.2) is 23.2 Å². The van der Waals surface area contributed by atoms with Crippen LogP contribution >= 0.6 is 0 Å². The van der Waals surface area contributed by atoms with Crippen molar-refractivity contribution in [3.8, 4) is 5.69 Å². The number of nitrogens with zero attached hydrogens (tertiary/aromatic N) is 2. The molecule has 1 aliphatic rings. The lowest BCUT2D eigenvalue weighted by atomic mass is 10.1. The van der Waals surface area contributed by atoms with E-state index < -0.39 is 0 Å². The van der Waals surface area contributed by atoms with Crippen molar-refractivity contribution in [1.82, 2.24) is 14.9 Å². The predicted octanol–water partition coefficient (Wildman–Crippen LogP) is 1.97. The topological polar surface area (TPSA) is 39.1 Å². The Kier molecular flexibility index (Phi) is 3.36. The van der Waals surface area contributed by atoms with Gasteiger partial charge in [0.2, 0.25) is 0 Å². The van der Waals surface area contributed by atoms with Gasteiger partial charge in [0.25, 0.3) is 0 Å². The number of aryl methyl sites for hydroxylation is 1. The van der Waals surface area contributed by atoms with Crippen LogP contribution in [0.1, 0.15) is 22.8 Å². The van der Waals surface area contributed by atoms with Crippen molar-refractivity contribution in [3.63, 3.8) is 0 Å². The molecule has 1 aromatic carbocycles. The number of ether oxygens (including phenoxy) is 1. The minimum atomic E-state index is 0.644. The monoisotopic (exact) mass is 257 g/mol. The lowest BCUT2D eigenvalue weighted by Crippen LogP contribution is -2.24. The first-order chi connectivity index (χ1) is 9.29. The average Bonchev–Trinajstić information content (AvgIpc) is 2.75. The van der Waals surface area contributed by atoms with Gasteiger partial charge in [-0.05, 0) is 24.6 Å². The highest BCUT2D eigenvalue weighted by atomic mass is 16.5. The van der Waals surface area contributed by atoms with Crippen molar-refractivity contribution in [1.29, 1.82) is 0 Å².